The first-order chi connectivity index (χ1) is 39.3. The molecule has 4 amide bonds. The van der Waals surface area contributed by atoms with Crippen molar-refractivity contribution >= 4 is 122 Å². The van der Waals surface area contributed by atoms with E-state index in [4.69, 9.17) is 38.6 Å². The molecule has 0 saturated heterocycles. The number of amides is 4. The SMILES string of the molecule is C=C(C)C(=O)OCCCC(=O)c1c(F)c(F)c(S(=O)(=O)Cl)c(F)c1F.C=C(C)C(=O)OCCCC(=O)c1c(F)c(F)c(S(=O)(=O)ON2C(=O)c3cccc4cccc(c34)C2=O)c(F)c1F.ClCCl.O=C1c2cccc3cccc(c23)C(=O)N1[O-].[Na+]. The van der Waals surface area contributed by atoms with Gasteiger partial charge in [0.2, 0.25) is 0 Å². The zero-order valence-corrected chi connectivity index (χ0v) is 49.6. The Morgan fingerprint density at radius 3 is 1.12 bits per heavy atom. The maximum absolute atomic E-state index is 14.9. The molecular formula is C53H36Cl3F8N2NaO16S2. The maximum Gasteiger partial charge on any atom is 1.00 e. The monoisotopic (exact) mass is 1300 g/mol. The van der Waals surface area contributed by atoms with E-state index in [1.54, 1.807) is 36.4 Å². The Hall–Kier alpha value is -6.99. The third-order valence-electron chi connectivity index (χ3n) is 11.4. The molecule has 6 aromatic rings. The van der Waals surface area contributed by atoms with Crippen molar-refractivity contribution in [3.8, 4) is 0 Å². The number of hydrogen-bond donors (Lipinski definition) is 0. The predicted octanol–water partition coefficient (Wildman–Crippen LogP) is 8.01. The first-order valence-corrected chi connectivity index (χ1v) is 28.0. The molecule has 444 valence electrons. The molecule has 0 bridgehead atoms. The second kappa shape index (κ2) is 29.4. The third kappa shape index (κ3) is 15.4. The van der Waals surface area contributed by atoms with Crippen molar-refractivity contribution in [1.29, 1.82) is 0 Å². The molecule has 85 heavy (non-hydrogen) atoms. The van der Waals surface area contributed by atoms with E-state index in [9.17, 15) is 95.5 Å². The summed E-state index contributed by atoms with van der Waals surface area (Å²) in [7, 11) is -6.31. The second-order valence-corrected chi connectivity index (χ2v) is 21.9. The van der Waals surface area contributed by atoms with Crippen LogP contribution in [0, 0.1) is 51.7 Å². The van der Waals surface area contributed by atoms with E-state index in [1.807, 2.05) is 12.1 Å². The molecule has 0 N–H and O–H groups in total. The van der Waals surface area contributed by atoms with Gasteiger partial charge in [0.15, 0.2) is 67.9 Å². The van der Waals surface area contributed by atoms with Crippen LogP contribution >= 0.6 is 33.9 Å². The van der Waals surface area contributed by atoms with Gasteiger partial charge in [0.1, 0.15) is 0 Å². The van der Waals surface area contributed by atoms with Gasteiger partial charge in [-0.05, 0) is 61.7 Å². The minimum Gasteiger partial charge on any atom is -0.749 e. The summed E-state index contributed by atoms with van der Waals surface area (Å²) in [4.78, 5) is 91.1. The third-order valence-corrected chi connectivity index (χ3v) is 13.9. The van der Waals surface area contributed by atoms with Gasteiger partial charge in [0.25, 0.3) is 32.7 Å². The molecule has 18 nitrogen and oxygen atoms in total. The molecule has 2 heterocycles. The minimum atomic E-state index is -5.91. The van der Waals surface area contributed by atoms with Crippen molar-refractivity contribution in [3.05, 3.63) is 182 Å². The van der Waals surface area contributed by atoms with Gasteiger partial charge >= 0.3 is 51.6 Å². The van der Waals surface area contributed by atoms with Crippen LogP contribution in [0.5, 0.6) is 0 Å². The number of Topliss-reactive ketones (excluding diaryl/α,β-unsaturated/α-hetero) is 2. The smallest absolute Gasteiger partial charge is 0.749 e. The van der Waals surface area contributed by atoms with Gasteiger partial charge in [0, 0.05) is 56.6 Å². The summed E-state index contributed by atoms with van der Waals surface area (Å²) in [6.07, 6.45) is -1.85. The van der Waals surface area contributed by atoms with Gasteiger partial charge in [-0.1, -0.05) is 61.7 Å². The average molecular weight is 1300 g/mol. The minimum absolute atomic E-state index is 0. The van der Waals surface area contributed by atoms with Crippen molar-refractivity contribution in [3.63, 3.8) is 0 Å². The number of rotatable bonds is 16. The van der Waals surface area contributed by atoms with E-state index in [2.05, 4.69) is 22.2 Å². The average Bonchev–Trinajstić information content (AvgIpc) is 1.18. The number of nitrogens with zero attached hydrogens (tertiary/aromatic N) is 2. The van der Waals surface area contributed by atoms with Crippen LogP contribution in [0.4, 0.5) is 35.1 Å². The number of imide groups is 2. The Balaban J connectivity index is 0.000000292. The first kappa shape index (κ1) is 70.5. The van der Waals surface area contributed by atoms with Crippen LogP contribution in [0.1, 0.15) is 102 Å². The Labute approximate surface area is 512 Å². The van der Waals surface area contributed by atoms with Gasteiger partial charge in [-0.3, -0.25) is 28.8 Å². The number of halogens is 11. The van der Waals surface area contributed by atoms with E-state index < -0.39 is 147 Å². The largest absolute Gasteiger partial charge is 1.00 e. The van der Waals surface area contributed by atoms with E-state index in [-0.39, 0.29) is 98.7 Å². The summed E-state index contributed by atoms with van der Waals surface area (Å²) in [6.45, 7) is 8.65. The van der Waals surface area contributed by atoms with Gasteiger partial charge in [-0.25, -0.2) is 53.1 Å². The molecule has 2 aliphatic rings. The summed E-state index contributed by atoms with van der Waals surface area (Å²) in [5.41, 5.74) is -2.94. The molecule has 0 radical (unpaired) electrons. The molecule has 0 fully saturated rings. The summed E-state index contributed by atoms with van der Waals surface area (Å²) in [6, 6.07) is 18.6. The zero-order chi connectivity index (χ0) is 63.0. The summed E-state index contributed by atoms with van der Waals surface area (Å²) < 4.78 is 175. The molecular weight excluding hydrogens is 1270 g/mol. The number of esters is 2. The molecule has 2 aliphatic heterocycles. The van der Waals surface area contributed by atoms with Gasteiger partial charge in [-0.2, -0.15) is 8.42 Å². The fraction of sp³-hybridized carbons (Fsp3) is 0.170. The summed E-state index contributed by atoms with van der Waals surface area (Å²) in [5, 5.41) is 13.2. The van der Waals surface area contributed by atoms with Gasteiger partial charge in [0.05, 0.1) is 40.8 Å². The Bertz CT molecular complexity index is 3890. The number of alkyl halides is 2. The molecule has 32 heteroatoms. The molecule has 0 spiro atoms. The molecule has 0 saturated carbocycles. The summed E-state index contributed by atoms with van der Waals surface area (Å²) in [5.74, 6) is -27.3. The Kier molecular flexibility index (Phi) is 24.4. The van der Waals surface area contributed by atoms with Crippen molar-refractivity contribution in [1.82, 2.24) is 10.1 Å². The quantitative estimate of drug-likeness (QED) is 0.00849. The number of benzene rings is 6. The van der Waals surface area contributed by atoms with Crippen LogP contribution < -0.4 is 29.6 Å². The summed E-state index contributed by atoms with van der Waals surface area (Å²) >= 11 is 9.53. The van der Waals surface area contributed by atoms with E-state index >= 15 is 0 Å². The van der Waals surface area contributed by atoms with Crippen molar-refractivity contribution in [2.45, 2.75) is 49.3 Å². The molecule has 0 atom stereocenters. The van der Waals surface area contributed by atoms with Crippen molar-refractivity contribution in [2.24, 2.45) is 0 Å². The normalized spacial score (nSPS) is 12.4. The van der Waals surface area contributed by atoms with E-state index in [0.29, 0.717) is 21.9 Å². The maximum atomic E-state index is 14.9. The molecule has 0 aliphatic carbocycles. The number of hydroxylamine groups is 4. The molecule has 6 aromatic carbocycles. The van der Waals surface area contributed by atoms with Crippen molar-refractivity contribution in [2.75, 3.05) is 18.6 Å². The predicted molar refractivity (Wildman–Crippen MR) is 281 cm³/mol. The first-order valence-electron chi connectivity index (χ1n) is 23.2. The number of hydrogen-bond acceptors (Lipinski definition) is 16. The standard InChI is InChI=1S/C26H17F4NO8S.C14H11ClF4O5S.C12H6NO3.CH2Cl2.Na/c1-12(2)26(35)38-11-5-10-16(32)18-19(27)21(29)23(22(30)20(18)28)40(36,37)39-31-24(33)14-8-3-6-13-7-4-9-15(17(13)14)25(31)34;1-6(2)14(21)24-5-3-4-7(20)8-9(16)11(18)13(25(15,22)23)12(19)10(8)17;14-11-8-5-1-3-7-4-2-6-9(10(7)8)12(15)13(11)16;2-1-3;/h3-4,6-9H,1,5,10-11H2,2H3;1,3-5H2,2H3;1-6H;1H2;/q;;-1;;+1. The van der Waals surface area contributed by atoms with Crippen LogP contribution in [0.15, 0.2) is 107 Å². The fourth-order valence-corrected chi connectivity index (χ4v) is 9.70. The molecule has 0 aromatic heterocycles. The van der Waals surface area contributed by atoms with Crippen LogP contribution in [0.2, 0.25) is 0 Å². The number of carbonyl (C=O) groups excluding carboxylic acids is 8. The zero-order valence-electron chi connectivity index (χ0n) is 43.7. The van der Waals surface area contributed by atoms with Gasteiger partial charge in [-0.15, -0.1) is 32.5 Å². The number of ether oxygens (including phenoxy) is 2. The van der Waals surface area contributed by atoms with E-state index in [1.165, 1.54) is 38.1 Å². The molecule has 8 rings (SSSR count). The topological polar surface area (TPSA) is 262 Å². The Morgan fingerprint density at radius 1 is 0.529 bits per heavy atom. The van der Waals surface area contributed by atoms with Crippen LogP contribution in [-0.2, 0) is 42.5 Å². The van der Waals surface area contributed by atoms with Crippen LogP contribution in [0.3, 0.4) is 0 Å². The van der Waals surface area contributed by atoms with Crippen LogP contribution in [-0.4, -0.2) is 92.6 Å². The fourth-order valence-electron chi connectivity index (χ4n) is 7.66. The van der Waals surface area contributed by atoms with Crippen LogP contribution in [0.25, 0.3) is 21.5 Å². The number of ketones is 2. The second-order valence-electron chi connectivity index (χ2n) is 17.1. The Morgan fingerprint density at radius 2 is 0.824 bits per heavy atom. The van der Waals surface area contributed by atoms with E-state index in [0.717, 1.165) is 5.39 Å². The van der Waals surface area contributed by atoms with Gasteiger partial charge < -0.3 is 19.7 Å². The molecule has 0 unspecified atom stereocenters. The number of carbonyl (C=O) groups is 8. The van der Waals surface area contributed by atoms with Crippen molar-refractivity contribution < 1.29 is 134 Å².